The smallest absolute Gasteiger partial charge is 0.341 e. The predicted octanol–water partition coefficient (Wildman–Crippen LogP) is 2.02. The van der Waals surface area contributed by atoms with Crippen LogP contribution in [-0.4, -0.2) is 36.9 Å². The summed E-state index contributed by atoms with van der Waals surface area (Å²) in [5.41, 5.74) is 1.38. The Balaban J connectivity index is 2.58. The van der Waals surface area contributed by atoms with Crippen LogP contribution in [0.1, 0.15) is 5.69 Å². The second-order valence-corrected chi connectivity index (χ2v) is 4.17. The van der Waals surface area contributed by atoms with Crippen LogP contribution in [0, 0.1) is 6.92 Å². The number of aliphatic carboxylic acids is 1. The fourth-order valence-corrected chi connectivity index (χ4v) is 1.91. The van der Waals surface area contributed by atoms with E-state index in [0.717, 1.165) is 5.69 Å². The molecule has 2 rings (SSSR count). The molecule has 0 atom stereocenters. The second kappa shape index (κ2) is 5.64. The van der Waals surface area contributed by atoms with Crippen molar-refractivity contribution < 1.29 is 24.1 Å². The highest BCUT2D eigenvalue weighted by Gasteiger charge is 2.12. The molecular formula is C14H15NO5. The number of carboxylic acids is 1. The molecule has 0 aliphatic rings. The molecule has 0 aliphatic heterocycles. The summed E-state index contributed by atoms with van der Waals surface area (Å²) < 4.78 is 15.8. The molecule has 0 unspecified atom stereocenters. The Morgan fingerprint density at radius 3 is 2.40 bits per heavy atom. The summed E-state index contributed by atoms with van der Waals surface area (Å²) in [5.74, 6) is 0.511. The zero-order chi connectivity index (χ0) is 14.7. The molecule has 0 radical (unpaired) electrons. The number of hydrogen-bond acceptors (Lipinski definition) is 5. The Labute approximate surface area is 115 Å². The Morgan fingerprint density at radius 1 is 1.15 bits per heavy atom. The van der Waals surface area contributed by atoms with Crippen molar-refractivity contribution in [1.82, 2.24) is 4.98 Å². The highest BCUT2D eigenvalue weighted by Crippen LogP contribution is 2.35. The second-order valence-electron chi connectivity index (χ2n) is 4.17. The van der Waals surface area contributed by atoms with Crippen LogP contribution < -0.4 is 14.2 Å². The number of benzene rings is 1. The van der Waals surface area contributed by atoms with Gasteiger partial charge in [-0.25, -0.2) is 4.79 Å². The lowest BCUT2D eigenvalue weighted by Crippen LogP contribution is -2.10. The molecule has 106 valence electrons. The van der Waals surface area contributed by atoms with Crippen LogP contribution in [-0.2, 0) is 4.79 Å². The van der Waals surface area contributed by atoms with E-state index < -0.39 is 12.6 Å². The van der Waals surface area contributed by atoms with Gasteiger partial charge in [0.25, 0.3) is 0 Å². The molecular weight excluding hydrogens is 262 g/mol. The monoisotopic (exact) mass is 277 g/mol. The normalized spacial score (nSPS) is 10.3. The van der Waals surface area contributed by atoms with Crippen LogP contribution in [0.4, 0.5) is 0 Å². The number of hydrogen-bond donors (Lipinski definition) is 1. The molecule has 2 aromatic rings. The summed E-state index contributed by atoms with van der Waals surface area (Å²) >= 11 is 0. The molecule has 0 spiro atoms. The molecule has 20 heavy (non-hydrogen) atoms. The van der Waals surface area contributed by atoms with Gasteiger partial charge in [0.1, 0.15) is 5.75 Å². The minimum Gasteiger partial charge on any atom is -0.493 e. The first-order valence-electron chi connectivity index (χ1n) is 5.93. The van der Waals surface area contributed by atoms with Crippen LogP contribution in [0.2, 0.25) is 0 Å². The zero-order valence-corrected chi connectivity index (χ0v) is 11.5. The first-order chi connectivity index (χ1) is 9.55. The maximum absolute atomic E-state index is 10.6. The van der Waals surface area contributed by atoms with E-state index >= 15 is 0 Å². The Hall–Kier alpha value is -2.50. The lowest BCUT2D eigenvalue weighted by atomic mass is 10.1. The summed E-state index contributed by atoms with van der Waals surface area (Å²) in [7, 11) is 3.07. The first-order valence-corrected chi connectivity index (χ1v) is 5.93. The van der Waals surface area contributed by atoms with Crippen molar-refractivity contribution in [1.29, 1.82) is 0 Å². The van der Waals surface area contributed by atoms with Gasteiger partial charge in [-0.3, -0.25) is 4.98 Å². The lowest BCUT2D eigenvalue weighted by molar-refractivity contribution is -0.139. The van der Waals surface area contributed by atoms with Gasteiger partial charge in [0, 0.05) is 23.2 Å². The zero-order valence-electron chi connectivity index (χ0n) is 11.5. The van der Waals surface area contributed by atoms with Gasteiger partial charge in [0.05, 0.1) is 19.7 Å². The Morgan fingerprint density at radius 2 is 1.80 bits per heavy atom. The van der Waals surface area contributed by atoms with E-state index in [9.17, 15) is 4.79 Å². The summed E-state index contributed by atoms with van der Waals surface area (Å²) in [4.78, 5) is 15.0. The van der Waals surface area contributed by atoms with Gasteiger partial charge >= 0.3 is 5.97 Å². The van der Waals surface area contributed by atoms with E-state index in [1.54, 1.807) is 25.3 Å². The molecule has 6 heteroatoms. The Bertz CT molecular complexity index is 654. The van der Waals surface area contributed by atoms with E-state index in [0.29, 0.717) is 28.2 Å². The standard InChI is InChI=1S/C14H15NO5/c1-8-4-11(20-7-14(16)17)9-5-12(18-2)13(19-3)6-10(9)15-8/h4-6H,7H2,1-3H3,(H,16,17). The minimum absolute atomic E-state index is 0.410. The molecule has 1 heterocycles. The third-order valence-corrected chi connectivity index (χ3v) is 2.76. The van der Waals surface area contributed by atoms with Crippen molar-refractivity contribution >= 4 is 16.9 Å². The number of pyridine rings is 1. The quantitative estimate of drug-likeness (QED) is 0.901. The van der Waals surface area contributed by atoms with Crippen molar-refractivity contribution in [2.75, 3.05) is 20.8 Å². The van der Waals surface area contributed by atoms with Gasteiger partial charge in [-0.1, -0.05) is 0 Å². The van der Waals surface area contributed by atoms with Gasteiger partial charge in [0.15, 0.2) is 18.1 Å². The van der Waals surface area contributed by atoms with Crippen LogP contribution in [0.3, 0.4) is 0 Å². The number of nitrogens with zero attached hydrogens (tertiary/aromatic N) is 1. The number of ether oxygens (including phenoxy) is 3. The van der Waals surface area contributed by atoms with E-state index in [-0.39, 0.29) is 0 Å². The van der Waals surface area contributed by atoms with Crippen molar-refractivity contribution in [2.45, 2.75) is 6.92 Å². The first kappa shape index (κ1) is 13.9. The molecule has 0 saturated carbocycles. The average molecular weight is 277 g/mol. The van der Waals surface area contributed by atoms with Gasteiger partial charge < -0.3 is 19.3 Å². The third-order valence-electron chi connectivity index (χ3n) is 2.76. The highest BCUT2D eigenvalue weighted by atomic mass is 16.5. The van der Waals surface area contributed by atoms with Crippen molar-refractivity contribution in [3.8, 4) is 17.2 Å². The van der Waals surface area contributed by atoms with Gasteiger partial charge in [-0.2, -0.15) is 0 Å². The molecule has 0 aliphatic carbocycles. The predicted molar refractivity (Wildman–Crippen MR) is 72.7 cm³/mol. The van der Waals surface area contributed by atoms with Crippen molar-refractivity contribution in [3.63, 3.8) is 0 Å². The third kappa shape index (κ3) is 2.74. The molecule has 0 fully saturated rings. The molecule has 1 N–H and O–H groups in total. The van der Waals surface area contributed by atoms with E-state index in [1.165, 1.54) is 7.11 Å². The van der Waals surface area contributed by atoms with Crippen molar-refractivity contribution in [2.24, 2.45) is 0 Å². The van der Waals surface area contributed by atoms with E-state index in [1.807, 2.05) is 6.92 Å². The summed E-state index contributed by atoms with van der Waals surface area (Å²) in [6, 6.07) is 5.14. The maximum atomic E-state index is 10.6. The number of carbonyl (C=O) groups is 1. The fraction of sp³-hybridized carbons (Fsp3) is 0.286. The minimum atomic E-state index is -1.03. The lowest BCUT2D eigenvalue weighted by Gasteiger charge is -2.12. The number of aryl methyl sites for hydroxylation is 1. The average Bonchev–Trinajstić information content (AvgIpc) is 2.42. The number of fused-ring (bicyclic) bond motifs is 1. The van der Waals surface area contributed by atoms with Gasteiger partial charge in [-0.15, -0.1) is 0 Å². The summed E-state index contributed by atoms with van der Waals surface area (Å²) in [5, 5.41) is 9.39. The van der Waals surface area contributed by atoms with Crippen LogP contribution in [0.25, 0.3) is 10.9 Å². The van der Waals surface area contributed by atoms with Crippen molar-refractivity contribution in [3.05, 3.63) is 23.9 Å². The van der Waals surface area contributed by atoms with E-state index in [2.05, 4.69) is 4.98 Å². The number of carboxylic acid groups (broad SMARTS) is 1. The molecule has 0 saturated heterocycles. The Kier molecular flexibility index (Phi) is 3.93. The largest absolute Gasteiger partial charge is 0.493 e. The van der Waals surface area contributed by atoms with E-state index in [4.69, 9.17) is 19.3 Å². The van der Waals surface area contributed by atoms with Crippen LogP contribution in [0.5, 0.6) is 17.2 Å². The highest BCUT2D eigenvalue weighted by molar-refractivity contribution is 5.88. The summed E-state index contributed by atoms with van der Waals surface area (Å²) in [6.07, 6.45) is 0. The number of rotatable bonds is 5. The SMILES string of the molecule is COc1cc2nc(C)cc(OCC(=O)O)c2cc1OC. The number of methoxy groups -OCH3 is 2. The molecule has 0 bridgehead atoms. The molecule has 0 amide bonds. The summed E-state index contributed by atoms with van der Waals surface area (Å²) in [6.45, 7) is 1.40. The van der Waals surface area contributed by atoms with Crippen LogP contribution in [0.15, 0.2) is 18.2 Å². The molecule has 6 nitrogen and oxygen atoms in total. The number of aromatic nitrogens is 1. The van der Waals surface area contributed by atoms with Crippen LogP contribution >= 0.6 is 0 Å². The topological polar surface area (TPSA) is 77.9 Å². The molecule has 1 aromatic carbocycles. The fourth-order valence-electron chi connectivity index (χ4n) is 1.91. The maximum Gasteiger partial charge on any atom is 0.341 e. The van der Waals surface area contributed by atoms with Gasteiger partial charge in [-0.05, 0) is 13.0 Å². The molecule has 1 aromatic heterocycles. The van der Waals surface area contributed by atoms with Gasteiger partial charge in [0.2, 0.25) is 0 Å².